The molecule has 2 heterocycles. The molecule has 2 rings (SSSR count). The summed E-state index contributed by atoms with van der Waals surface area (Å²) in [5.41, 5.74) is -0.544. The zero-order valence-electron chi connectivity index (χ0n) is 16.6. The maximum absolute atomic E-state index is 12.4. The van der Waals surface area contributed by atoms with Gasteiger partial charge in [0.2, 0.25) is 0 Å². The highest BCUT2D eigenvalue weighted by atomic mass is 16.6. The Labute approximate surface area is 160 Å². The molecule has 2 aliphatic heterocycles. The lowest BCUT2D eigenvalue weighted by molar-refractivity contribution is -0.144. The van der Waals surface area contributed by atoms with Gasteiger partial charge in [0.15, 0.2) is 0 Å². The molecule has 2 fully saturated rings. The van der Waals surface area contributed by atoms with Crippen molar-refractivity contribution in [3.05, 3.63) is 0 Å². The Morgan fingerprint density at radius 3 is 2.26 bits per heavy atom. The van der Waals surface area contributed by atoms with Gasteiger partial charge in [-0.05, 0) is 40.0 Å². The van der Waals surface area contributed by atoms with Crippen LogP contribution in [0, 0.1) is 0 Å². The lowest BCUT2D eigenvalue weighted by Gasteiger charge is -2.34. The van der Waals surface area contributed by atoms with E-state index in [2.05, 4.69) is 5.32 Å². The molecule has 27 heavy (non-hydrogen) atoms. The van der Waals surface area contributed by atoms with E-state index in [1.54, 1.807) is 0 Å². The van der Waals surface area contributed by atoms with Crippen LogP contribution in [0.15, 0.2) is 0 Å². The van der Waals surface area contributed by atoms with Gasteiger partial charge in [-0.3, -0.25) is 19.4 Å². The molecular formula is C18H30N4O5. The number of imide groups is 2. The van der Waals surface area contributed by atoms with Gasteiger partial charge in [-0.15, -0.1) is 0 Å². The monoisotopic (exact) mass is 382 g/mol. The fraction of sp³-hybridized carbons (Fsp3) is 0.778. The second-order valence-electron chi connectivity index (χ2n) is 8.01. The molecule has 0 aromatic heterocycles. The summed E-state index contributed by atoms with van der Waals surface area (Å²) in [7, 11) is 0. The van der Waals surface area contributed by atoms with Gasteiger partial charge in [-0.1, -0.05) is 13.3 Å². The second-order valence-corrected chi connectivity index (χ2v) is 8.01. The van der Waals surface area contributed by atoms with E-state index in [1.807, 2.05) is 32.6 Å². The Balaban J connectivity index is 1.81. The van der Waals surface area contributed by atoms with Crippen molar-refractivity contribution < 1.29 is 23.9 Å². The first-order chi connectivity index (χ1) is 12.6. The molecule has 2 saturated heterocycles. The van der Waals surface area contributed by atoms with Crippen molar-refractivity contribution in [2.24, 2.45) is 0 Å². The maximum atomic E-state index is 12.4. The summed E-state index contributed by atoms with van der Waals surface area (Å²) < 4.78 is 5.25. The third-order valence-electron chi connectivity index (χ3n) is 4.52. The number of carbonyl (C=O) groups excluding carboxylic acids is 4. The number of urea groups is 1. The first-order valence-corrected chi connectivity index (χ1v) is 9.51. The number of nitrogens with zero attached hydrogens (tertiary/aromatic N) is 3. The fourth-order valence-corrected chi connectivity index (χ4v) is 3.08. The number of piperidine rings is 1. The van der Waals surface area contributed by atoms with Crippen LogP contribution in [0.4, 0.5) is 9.59 Å². The smallest absolute Gasteiger partial charge is 0.407 e. The van der Waals surface area contributed by atoms with Crippen molar-refractivity contribution >= 4 is 23.9 Å². The number of nitrogens with one attached hydrogen (secondary N) is 1. The topological polar surface area (TPSA) is 99.3 Å². The fourth-order valence-electron chi connectivity index (χ4n) is 3.08. The molecule has 1 N–H and O–H groups in total. The second kappa shape index (κ2) is 8.69. The molecule has 0 radical (unpaired) electrons. The average Bonchev–Trinajstić information content (AvgIpc) is 2.77. The summed E-state index contributed by atoms with van der Waals surface area (Å²) in [4.78, 5) is 52.3. The van der Waals surface area contributed by atoms with E-state index in [4.69, 9.17) is 4.74 Å². The molecule has 9 nitrogen and oxygen atoms in total. The molecule has 5 amide bonds. The predicted octanol–water partition coefficient (Wildman–Crippen LogP) is 1.52. The van der Waals surface area contributed by atoms with E-state index < -0.39 is 29.5 Å². The average molecular weight is 382 g/mol. The van der Waals surface area contributed by atoms with Crippen LogP contribution in [0.1, 0.15) is 53.4 Å². The Morgan fingerprint density at radius 1 is 1.11 bits per heavy atom. The number of amides is 5. The molecule has 2 aliphatic rings. The number of ether oxygens (including phenoxy) is 1. The van der Waals surface area contributed by atoms with Crippen LogP contribution < -0.4 is 5.32 Å². The number of hydrogen-bond acceptors (Lipinski definition) is 6. The highest BCUT2D eigenvalue weighted by Gasteiger charge is 2.44. The first kappa shape index (κ1) is 21.1. The summed E-state index contributed by atoms with van der Waals surface area (Å²) >= 11 is 0. The van der Waals surface area contributed by atoms with E-state index in [9.17, 15) is 19.2 Å². The van der Waals surface area contributed by atoms with Crippen molar-refractivity contribution in [3.8, 4) is 0 Å². The normalized spacial score (nSPS) is 19.8. The molecule has 152 valence electrons. The molecular weight excluding hydrogens is 352 g/mol. The van der Waals surface area contributed by atoms with Gasteiger partial charge < -0.3 is 10.1 Å². The molecule has 0 saturated carbocycles. The molecule has 0 aromatic rings. The van der Waals surface area contributed by atoms with Crippen LogP contribution in [0.3, 0.4) is 0 Å². The highest BCUT2D eigenvalue weighted by Crippen LogP contribution is 2.17. The summed E-state index contributed by atoms with van der Waals surface area (Å²) in [6.07, 6.45) is 2.44. The lowest BCUT2D eigenvalue weighted by Crippen LogP contribution is -2.50. The number of alkyl carbamates (subject to hydrolysis) is 1. The largest absolute Gasteiger partial charge is 0.444 e. The molecule has 0 bridgehead atoms. The van der Waals surface area contributed by atoms with Crippen molar-refractivity contribution in [2.45, 2.75) is 65.0 Å². The van der Waals surface area contributed by atoms with Gasteiger partial charge in [-0.2, -0.15) is 0 Å². The third kappa shape index (κ3) is 5.66. The van der Waals surface area contributed by atoms with E-state index >= 15 is 0 Å². The van der Waals surface area contributed by atoms with Crippen LogP contribution >= 0.6 is 0 Å². The van der Waals surface area contributed by atoms with Gasteiger partial charge in [0.1, 0.15) is 5.60 Å². The molecule has 0 spiro atoms. The van der Waals surface area contributed by atoms with Crippen molar-refractivity contribution in [2.75, 3.05) is 26.3 Å². The maximum Gasteiger partial charge on any atom is 0.407 e. The van der Waals surface area contributed by atoms with Gasteiger partial charge in [-0.25, -0.2) is 14.5 Å². The minimum Gasteiger partial charge on any atom is -0.444 e. The molecule has 0 aromatic carbocycles. The van der Waals surface area contributed by atoms with Crippen LogP contribution in [0.5, 0.6) is 0 Å². The van der Waals surface area contributed by atoms with E-state index in [0.29, 0.717) is 32.4 Å². The van der Waals surface area contributed by atoms with Crippen LogP contribution in [-0.4, -0.2) is 76.6 Å². The van der Waals surface area contributed by atoms with Gasteiger partial charge >= 0.3 is 23.9 Å². The Kier molecular flexibility index (Phi) is 6.80. The van der Waals surface area contributed by atoms with Gasteiger partial charge in [0.05, 0.1) is 6.67 Å². The minimum atomic E-state index is -0.759. The summed E-state index contributed by atoms with van der Waals surface area (Å²) in [6, 6.07) is -0.545. The molecule has 0 unspecified atom stereocenters. The summed E-state index contributed by atoms with van der Waals surface area (Å²) in [5.74, 6) is -1.50. The third-order valence-corrected chi connectivity index (χ3v) is 4.52. The lowest BCUT2D eigenvalue weighted by atomic mass is 10.1. The Bertz CT molecular complexity index is 593. The van der Waals surface area contributed by atoms with Gasteiger partial charge in [0.25, 0.3) is 0 Å². The van der Waals surface area contributed by atoms with Crippen LogP contribution in [0.2, 0.25) is 0 Å². The predicted molar refractivity (Wildman–Crippen MR) is 97.7 cm³/mol. The zero-order valence-corrected chi connectivity index (χ0v) is 16.6. The van der Waals surface area contributed by atoms with Gasteiger partial charge in [0, 0.05) is 25.7 Å². The minimum absolute atomic E-state index is 0.0104. The van der Waals surface area contributed by atoms with E-state index in [0.717, 1.165) is 16.2 Å². The quantitative estimate of drug-likeness (QED) is 0.552. The number of carbonyl (C=O) groups is 4. The SMILES string of the molecule is CCCCN1C(=O)C(=O)N(CN2CCC(NC(=O)OC(C)(C)C)CC2)C1=O. The highest BCUT2D eigenvalue weighted by molar-refractivity contribution is 6.44. The van der Waals surface area contributed by atoms with Crippen LogP contribution in [-0.2, 0) is 14.3 Å². The molecule has 0 aliphatic carbocycles. The first-order valence-electron chi connectivity index (χ1n) is 9.51. The van der Waals surface area contributed by atoms with Crippen molar-refractivity contribution in [1.29, 1.82) is 0 Å². The van der Waals surface area contributed by atoms with E-state index in [1.165, 1.54) is 0 Å². The Morgan fingerprint density at radius 2 is 1.70 bits per heavy atom. The zero-order chi connectivity index (χ0) is 20.2. The van der Waals surface area contributed by atoms with E-state index in [-0.39, 0.29) is 19.3 Å². The number of hydrogen-bond donors (Lipinski definition) is 1. The molecule has 0 atom stereocenters. The number of unbranched alkanes of at least 4 members (excludes halogenated alkanes) is 1. The Hall–Kier alpha value is -2.16. The van der Waals surface area contributed by atoms with Crippen LogP contribution in [0.25, 0.3) is 0 Å². The number of rotatable bonds is 6. The van der Waals surface area contributed by atoms with Crippen molar-refractivity contribution in [1.82, 2.24) is 20.0 Å². The standard InChI is InChI=1S/C18H30N4O5/c1-5-6-9-21-14(23)15(24)22(17(21)26)12-20-10-7-13(8-11-20)19-16(25)27-18(2,3)4/h13H,5-12H2,1-4H3,(H,19,25). The molecule has 9 heteroatoms. The van der Waals surface area contributed by atoms with Crippen molar-refractivity contribution in [3.63, 3.8) is 0 Å². The summed E-state index contributed by atoms with van der Waals surface area (Å²) in [6.45, 7) is 8.99. The number of likely N-dealkylation sites (tertiary alicyclic amines) is 1. The summed E-state index contributed by atoms with van der Waals surface area (Å²) in [5, 5.41) is 2.85.